The molecule has 0 bridgehead atoms. The van der Waals surface area contributed by atoms with Crippen molar-refractivity contribution < 1.29 is 9.66 Å². The van der Waals surface area contributed by atoms with Crippen LogP contribution < -0.4 is 4.90 Å². The molecule has 3 heterocycles. The van der Waals surface area contributed by atoms with Crippen molar-refractivity contribution in [2.45, 2.75) is 32.2 Å². The molecule has 1 atom stereocenters. The fourth-order valence-corrected chi connectivity index (χ4v) is 3.71. The Morgan fingerprint density at radius 2 is 2.17 bits per heavy atom. The van der Waals surface area contributed by atoms with Crippen molar-refractivity contribution in [2.24, 2.45) is 5.92 Å². The number of aryl methyl sites for hydroxylation is 1. The zero-order chi connectivity index (χ0) is 17.1. The highest BCUT2D eigenvalue weighted by atomic mass is 16.6. The van der Waals surface area contributed by atoms with Gasteiger partial charge in [0.15, 0.2) is 0 Å². The first-order chi connectivity index (χ1) is 11.5. The molecule has 1 aromatic rings. The maximum absolute atomic E-state index is 11.3. The molecule has 0 spiro atoms. The highest BCUT2D eigenvalue weighted by Crippen LogP contribution is 2.29. The zero-order valence-corrected chi connectivity index (χ0v) is 14.5. The number of nitro groups is 1. The summed E-state index contributed by atoms with van der Waals surface area (Å²) >= 11 is 0. The van der Waals surface area contributed by atoms with Crippen LogP contribution in [0.3, 0.4) is 0 Å². The second-order valence-corrected chi connectivity index (χ2v) is 6.98. The number of piperidine rings is 1. The van der Waals surface area contributed by atoms with Crippen LogP contribution in [0.4, 0.5) is 11.5 Å². The highest BCUT2D eigenvalue weighted by molar-refractivity contribution is 5.58. The number of nitrogens with zero attached hydrogens (tertiary/aromatic N) is 4. The number of ether oxygens (including phenoxy) is 1. The van der Waals surface area contributed by atoms with Crippen LogP contribution >= 0.6 is 0 Å². The molecule has 1 aromatic heterocycles. The van der Waals surface area contributed by atoms with Gasteiger partial charge in [0, 0.05) is 51.6 Å². The molecule has 0 saturated carbocycles. The van der Waals surface area contributed by atoms with E-state index in [1.165, 1.54) is 6.42 Å². The molecular formula is C17H26N4O3. The molecule has 0 radical (unpaired) electrons. The van der Waals surface area contributed by atoms with Gasteiger partial charge in [-0.25, -0.2) is 4.98 Å². The maximum Gasteiger partial charge on any atom is 0.311 e. The van der Waals surface area contributed by atoms with Crippen LogP contribution in [0.5, 0.6) is 0 Å². The summed E-state index contributed by atoms with van der Waals surface area (Å²) in [4.78, 5) is 19.8. The number of hydrogen-bond acceptors (Lipinski definition) is 6. The van der Waals surface area contributed by atoms with E-state index in [1.54, 1.807) is 12.3 Å². The molecule has 2 aliphatic heterocycles. The van der Waals surface area contributed by atoms with Gasteiger partial charge in [0.1, 0.15) is 0 Å². The third-order valence-electron chi connectivity index (χ3n) is 5.16. The fourth-order valence-electron chi connectivity index (χ4n) is 3.71. The SMILES string of the molecule is Cc1cnc(N(C)C2CCN(CC3CCOC3)CC2)c([N+](=O)[O-])c1. The van der Waals surface area contributed by atoms with Crippen molar-refractivity contribution in [1.29, 1.82) is 0 Å². The predicted molar refractivity (Wildman–Crippen MR) is 92.4 cm³/mol. The summed E-state index contributed by atoms with van der Waals surface area (Å²) in [5, 5.41) is 11.3. The van der Waals surface area contributed by atoms with Crippen LogP contribution in [0.1, 0.15) is 24.8 Å². The summed E-state index contributed by atoms with van der Waals surface area (Å²) in [5.74, 6) is 1.15. The van der Waals surface area contributed by atoms with Gasteiger partial charge in [-0.05, 0) is 37.7 Å². The Kier molecular flexibility index (Phi) is 5.30. The van der Waals surface area contributed by atoms with Gasteiger partial charge in [-0.15, -0.1) is 0 Å². The van der Waals surface area contributed by atoms with Crippen LogP contribution in [0.15, 0.2) is 12.3 Å². The molecule has 2 fully saturated rings. The van der Waals surface area contributed by atoms with Gasteiger partial charge in [0.25, 0.3) is 0 Å². The van der Waals surface area contributed by atoms with Crippen LogP contribution in [0.25, 0.3) is 0 Å². The Hall–Kier alpha value is -1.73. The number of likely N-dealkylation sites (tertiary alicyclic amines) is 1. The number of rotatable bonds is 5. The smallest absolute Gasteiger partial charge is 0.311 e. The lowest BCUT2D eigenvalue weighted by molar-refractivity contribution is -0.384. The first-order valence-corrected chi connectivity index (χ1v) is 8.68. The molecule has 7 heteroatoms. The summed E-state index contributed by atoms with van der Waals surface area (Å²) in [6.07, 6.45) is 4.89. The van der Waals surface area contributed by atoms with E-state index in [9.17, 15) is 10.1 Å². The first-order valence-electron chi connectivity index (χ1n) is 8.68. The molecule has 24 heavy (non-hydrogen) atoms. The van der Waals surface area contributed by atoms with E-state index in [-0.39, 0.29) is 10.6 Å². The lowest BCUT2D eigenvalue weighted by Crippen LogP contribution is -2.45. The second-order valence-electron chi connectivity index (χ2n) is 6.98. The lowest BCUT2D eigenvalue weighted by atomic mass is 10.0. The maximum atomic E-state index is 11.3. The van der Waals surface area contributed by atoms with Gasteiger partial charge < -0.3 is 14.5 Å². The Morgan fingerprint density at radius 3 is 2.79 bits per heavy atom. The molecule has 1 unspecified atom stereocenters. The van der Waals surface area contributed by atoms with E-state index >= 15 is 0 Å². The van der Waals surface area contributed by atoms with E-state index in [0.29, 0.717) is 17.8 Å². The van der Waals surface area contributed by atoms with Crippen molar-refractivity contribution in [3.8, 4) is 0 Å². The van der Waals surface area contributed by atoms with E-state index in [4.69, 9.17) is 4.74 Å². The monoisotopic (exact) mass is 334 g/mol. The molecule has 0 aromatic carbocycles. The number of pyridine rings is 1. The van der Waals surface area contributed by atoms with Gasteiger partial charge in [0.05, 0.1) is 11.5 Å². The molecule has 3 rings (SSSR count). The van der Waals surface area contributed by atoms with Crippen LogP contribution in [0, 0.1) is 23.0 Å². The molecular weight excluding hydrogens is 308 g/mol. The fraction of sp³-hybridized carbons (Fsp3) is 0.706. The summed E-state index contributed by atoms with van der Waals surface area (Å²) in [6.45, 7) is 6.79. The zero-order valence-electron chi connectivity index (χ0n) is 14.5. The Labute approximate surface area is 142 Å². The van der Waals surface area contributed by atoms with Crippen molar-refractivity contribution >= 4 is 11.5 Å². The van der Waals surface area contributed by atoms with Gasteiger partial charge in [-0.1, -0.05) is 0 Å². The predicted octanol–water partition coefficient (Wildman–Crippen LogP) is 2.24. The van der Waals surface area contributed by atoms with E-state index in [2.05, 4.69) is 9.88 Å². The number of aromatic nitrogens is 1. The Morgan fingerprint density at radius 1 is 1.42 bits per heavy atom. The van der Waals surface area contributed by atoms with Crippen molar-refractivity contribution in [3.63, 3.8) is 0 Å². The quantitative estimate of drug-likeness (QED) is 0.607. The summed E-state index contributed by atoms with van der Waals surface area (Å²) in [5.41, 5.74) is 0.912. The topological polar surface area (TPSA) is 71.7 Å². The Balaban J connectivity index is 1.60. The average Bonchev–Trinajstić information content (AvgIpc) is 3.08. The third kappa shape index (κ3) is 3.84. The van der Waals surface area contributed by atoms with Crippen LogP contribution in [-0.4, -0.2) is 60.7 Å². The normalized spacial score (nSPS) is 22.7. The van der Waals surface area contributed by atoms with Gasteiger partial charge >= 0.3 is 5.69 Å². The van der Waals surface area contributed by atoms with Crippen molar-refractivity contribution in [2.75, 3.05) is 44.8 Å². The summed E-state index contributed by atoms with van der Waals surface area (Å²) in [7, 11) is 1.93. The highest BCUT2D eigenvalue weighted by Gasteiger charge is 2.29. The largest absolute Gasteiger partial charge is 0.381 e. The van der Waals surface area contributed by atoms with E-state index in [0.717, 1.165) is 51.3 Å². The van der Waals surface area contributed by atoms with E-state index in [1.807, 2.05) is 18.9 Å². The molecule has 7 nitrogen and oxygen atoms in total. The molecule has 0 amide bonds. The van der Waals surface area contributed by atoms with Crippen molar-refractivity contribution in [1.82, 2.24) is 9.88 Å². The minimum absolute atomic E-state index is 0.100. The number of anilines is 1. The standard InChI is InChI=1S/C17H26N4O3/c1-13-9-16(21(22)23)17(18-10-13)19(2)15-3-6-20(7-4-15)11-14-5-8-24-12-14/h9-10,14-15H,3-8,11-12H2,1-2H3. The van der Waals surface area contributed by atoms with Crippen LogP contribution in [0.2, 0.25) is 0 Å². The minimum Gasteiger partial charge on any atom is -0.381 e. The van der Waals surface area contributed by atoms with Gasteiger partial charge in [-0.2, -0.15) is 0 Å². The molecule has 132 valence electrons. The summed E-state index contributed by atoms with van der Waals surface area (Å²) < 4.78 is 5.45. The first kappa shape index (κ1) is 17.1. The molecule has 2 aliphatic rings. The summed E-state index contributed by atoms with van der Waals surface area (Å²) in [6, 6.07) is 1.91. The molecule has 0 N–H and O–H groups in total. The second kappa shape index (κ2) is 7.44. The van der Waals surface area contributed by atoms with Gasteiger partial charge in [0.2, 0.25) is 5.82 Å². The van der Waals surface area contributed by atoms with Crippen LogP contribution in [-0.2, 0) is 4.74 Å². The van der Waals surface area contributed by atoms with E-state index < -0.39 is 0 Å². The third-order valence-corrected chi connectivity index (χ3v) is 5.16. The van der Waals surface area contributed by atoms with Crippen molar-refractivity contribution in [3.05, 3.63) is 27.9 Å². The number of hydrogen-bond donors (Lipinski definition) is 0. The lowest BCUT2D eigenvalue weighted by Gasteiger charge is -2.37. The Bertz CT molecular complexity index is 581. The minimum atomic E-state index is -0.332. The molecule has 0 aliphatic carbocycles. The average molecular weight is 334 g/mol. The van der Waals surface area contributed by atoms with Gasteiger partial charge in [-0.3, -0.25) is 10.1 Å². The molecule has 2 saturated heterocycles.